The van der Waals surface area contributed by atoms with E-state index in [-0.39, 0.29) is 5.92 Å². The van der Waals surface area contributed by atoms with Crippen molar-refractivity contribution in [2.24, 2.45) is 17.8 Å². The predicted octanol–water partition coefficient (Wildman–Crippen LogP) is 2.14. The smallest absolute Gasteiger partial charge is 0.306 e. The van der Waals surface area contributed by atoms with E-state index in [0.717, 1.165) is 12.8 Å². The molecule has 1 N–H and O–H groups in total. The first-order valence-corrected chi connectivity index (χ1v) is 4.34. The molecule has 1 rings (SSSR count). The summed E-state index contributed by atoms with van der Waals surface area (Å²) in [6.07, 6.45) is 3.20. The van der Waals surface area contributed by atoms with Crippen LogP contribution in [0.5, 0.6) is 0 Å². The molecule has 0 spiro atoms. The van der Waals surface area contributed by atoms with Crippen LogP contribution >= 0.6 is 0 Å². The van der Waals surface area contributed by atoms with Crippen LogP contribution in [-0.2, 0) is 4.79 Å². The van der Waals surface area contributed by atoms with Gasteiger partial charge in [0.2, 0.25) is 0 Å². The zero-order valence-corrected chi connectivity index (χ0v) is 7.21. The number of hydrogen-bond donors (Lipinski definition) is 1. The summed E-state index contributed by atoms with van der Waals surface area (Å²) >= 11 is 0. The fourth-order valence-electron chi connectivity index (χ4n) is 1.42. The lowest BCUT2D eigenvalue weighted by Gasteiger charge is -2.01. The molecule has 0 aromatic carbocycles. The molecule has 11 heavy (non-hydrogen) atoms. The molecule has 1 aliphatic rings. The lowest BCUT2D eigenvalue weighted by atomic mass is 10.1. The van der Waals surface area contributed by atoms with Crippen LogP contribution in [-0.4, -0.2) is 11.1 Å². The van der Waals surface area contributed by atoms with Crippen molar-refractivity contribution in [1.82, 2.24) is 0 Å². The summed E-state index contributed by atoms with van der Waals surface area (Å²) in [4.78, 5) is 10.4. The van der Waals surface area contributed by atoms with E-state index in [1.54, 1.807) is 0 Å². The summed E-state index contributed by atoms with van der Waals surface area (Å²) in [5.41, 5.74) is 0. The van der Waals surface area contributed by atoms with Crippen molar-refractivity contribution in [2.75, 3.05) is 0 Å². The van der Waals surface area contributed by atoms with Gasteiger partial charge in [0.15, 0.2) is 0 Å². The van der Waals surface area contributed by atoms with Crippen LogP contribution in [0, 0.1) is 17.8 Å². The number of rotatable bonds is 4. The highest BCUT2D eigenvalue weighted by atomic mass is 16.4. The molecule has 2 atom stereocenters. The van der Waals surface area contributed by atoms with Crippen LogP contribution in [0.1, 0.15) is 33.1 Å². The molecule has 0 aliphatic heterocycles. The maximum absolute atomic E-state index is 10.4. The Labute approximate surface area is 67.6 Å². The van der Waals surface area contributed by atoms with Crippen molar-refractivity contribution >= 4 is 5.97 Å². The van der Waals surface area contributed by atoms with Gasteiger partial charge in [-0.15, -0.1) is 0 Å². The molecule has 0 heterocycles. The number of carboxylic acids is 1. The Morgan fingerprint density at radius 2 is 2.27 bits per heavy atom. The topological polar surface area (TPSA) is 37.3 Å². The van der Waals surface area contributed by atoms with Crippen molar-refractivity contribution in [1.29, 1.82) is 0 Å². The van der Waals surface area contributed by atoms with Gasteiger partial charge in [0, 0.05) is 0 Å². The highest BCUT2D eigenvalue weighted by Crippen LogP contribution is 2.42. The molecule has 0 radical (unpaired) electrons. The van der Waals surface area contributed by atoms with Gasteiger partial charge >= 0.3 is 5.97 Å². The molecule has 1 fully saturated rings. The minimum absolute atomic E-state index is 0.00579. The monoisotopic (exact) mass is 156 g/mol. The summed E-state index contributed by atoms with van der Waals surface area (Å²) in [6, 6.07) is 0. The third-order valence-electron chi connectivity index (χ3n) is 2.35. The lowest BCUT2D eigenvalue weighted by Crippen LogP contribution is -2.00. The highest BCUT2D eigenvalue weighted by molar-refractivity contribution is 5.73. The van der Waals surface area contributed by atoms with E-state index in [1.165, 1.54) is 6.42 Å². The Morgan fingerprint density at radius 1 is 1.64 bits per heavy atom. The van der Waals surface area contributed by atoms with Crippen LogP contribution < -0.4 is 0 Å². The van der Waals surface area contributed by atoms with Crippen LogP contribution in [0.15, 0.2) is 0 Å². The Morgan fingerprint density at radius 3 is 2.64 bits per heavy atom. The number of carbonyl (C=O) groups is 1. The van der Waals surface area contributed by atoms with E-state index in [2.05, 4.69) is 13.8 Å². The van der Waals surface area contributed by atoms with Gasteiger partial charge < -0.3 is 5.11 Å². The molecular weight excluding hydrogens is 140 g/mol. The number of carboxylic acid groups (broad SMARTS) is 1. The number of hydrogen-bond acceptors (Lipinski definition) is 1. The standard InChI is InChI=1S/C9H16O2/c1-6(2)3-4-7-5-8(7)9(10)11/h6-8H,3-5H2,1-2H3,(H,10,11). The second-order valence-corrected chi connectivity index (χ2v) is 3.91. The maximum atomic E-state index is 10.4. The van der Waals surface area contributed by atoms with Crippen LogP contribution in [0.25, 0.3) is 0 Å². The molecule has 64 valence electrons. The Hall–Kier alpha value is -0.530. The van der Waals surface area contributed by atoms with E-state index in [1.807, 2.05) is 0 Å². The highest BCUT2D eigenvalue weighted by Gasteiger charge is 2.42. The minimum Gasteiger partial charge on any atom is -0.481 e. The fraction of sp³-hybridized carbons (Fsp3) is 0.889. The van der Waals surface area contributed by atoms with Crippen molar-refractivity contribution in [3.05, 3.63) is 0 Å². The molecule has 1 saturated carbocycles. The normalized spacial score (nSPS) is 29.0. The molecule has 2 unspecified atom stereocenters. The quantitative estimate of drug-likeness (QED) is 0.677. The summed E-state index contributed by atoms with van der Waals surface area (Å²) in [6.45, 7) is 4.36. The van der Waals surface area contributed by atoms with Gasteiger partial charge in [0.05, 0.1) is 5.92 Å². The first kappa shape index (κ1) is 8.57. The van der Waals surface area contributed by atoms with Gasteiger partial charge in [-0.2, -0.15) is 0 Å². The van der Waals surface area contributed by atoms with Crippen molar-refractivity contribution in [2.45, 2.75) is 33.1 Å². The molecule has 0 amide bonds. The first-order valence-electron chi connectivity index (χ1n) is 4.34. The third-order valence-corrected chi connectivity index (χ3v) is 2.35. The van der Waals surface area contributed by atoms with Gasteiger partial charge in [-0.25, -0.2) is 0 Å². The van der Waals surface area contributed by atoms with Crippen LogP contribution in [0.3, 0.4) is 0 Å². The van der Waals surface area contributed by atoms with Crippen molar-refractivity contribution < 1.29 is 9.90 Å². The summed E-state index contributed by atoms with van der Waals surface area (Å²) in [7, 11) is 0. The second-order valence-electron chi connectivity index (χ2n) is 3.91. The molecule has 0 bridgehead atoms. The summed E-state index contributed by atoms with van der Waals surface area (Å²) in [5, 5.41) is 8.59. The minimum atomic E-state index is -0.598. The van der Waals surface area contributed by atoms with Crippen molar-refractivity contribution in [3.8, 4) is 0 Å². The van der Waals surface area contributed by atoms with Gasteiger partial charge in [-0.1, -0.05) is 20.3 Å². The fourth-order valence-corrected chi connectivity index (χ4v) is 1.42. The zero-order valence-electron chi connectivity index (χ0n) is 7.21. The van der Waals surface area contributed by atoms with Gasteiger partial charge in [0.25, 0.3) is 0 Å². The molecule has 1 aliphatic carbocycles. The molecule has 0 saturated heterocycles. The molecule has 0 aromatic rings. The van der Waals surface area contributed by atoms with E-state index in [9.17, 15) is 4.79 Å². The van der Waals surface area contributed by atoms with Gasteiger partial charge in [0.1, 0.15) is 0 Å². The van der Waals surface area contributed by atoms with Crippen LogP contribution in [0.2, 0.25) is 0 Å². The average molecular weight is 156 g/mol. The molecule has 2 nitrogen and oxygen atoms in total. The number of aliphatic carboxylic acids is 1. The van der Waals surface area contributed by atoms with E-state index in [0.29, 0.717) is 11.8 Å². The van der Waals surface area contributed by atoms with Gasteiger partial charge in [-0.3, -0.25) is 4.79 Å². The second kappa shape index (κ2) is 3.24. The predicted molar refractivity (Wildman–Crippen MR) is 43.3 cm³/mol. The van der Waals surface area contributed by atoms with E-state index < -0.39 is 5.97 Å². The largest absolute Gasteiger partial charge is 0.481 e. The average Bonchev–Trinajstić information content (AvgIpc) is 2.61. The third kappa shape index (κ3) is 2.52. The van der Waals surface area contributed by atoms with Crippen molar-refractivity contribution in [3.63, 3.8) is 0 Å². The molecular formula is C9H16O2. The van der Waals surface area contributed by atoms with Gasteiger partial charge in [-0.05, 0) is 24.7 Å². The Balaban J connectivity index is 2.09. The Kier molecular flexibility index (Phi) is 2.53. The summed E-state index contributed by atoms with van der Waals surface area (Å²) in [5.74, 6) is 0.604. The van der Waals surface area contributed by atoms with E-state index >= 15 is 0 Å². The Bertz CT molecular complexity index is 152. The summed E-state index contributed by atoms with van der Waals surface area (Å²) < 4.78 is 0. The molecule has 2 heteroatoms. The van der Waals surface area contributed by atoms with Crippen LogP contribution in [0.4, 0.5) is 0 Å². The molecule has 0 aromatic heterocycles. The first-order chi connectivity index (χ1) is 5.11. The maximum Gasteiger partial charge on any atom is 0.306 e. The zero-order chi connectivity index (χ0) is 8.43. The SMILES string of the molecule is CC(C)CCC1CC1C(=O)O. The lowest BCUT2D eigenvalue weighted by molar-refractivity contribution is -0.138. The van der Waals surface area contributed by atoms with E-state index in [4.69, 9.17) is 5.11 Å².